The molecule has 7 nitrogen and oxygen atoms in total. The van der Waals surface area contributed by atoms with Crippen LogP contribution in [0.5, 0.6) is 5.19 Å². The number of hydrogen-bond acceptors (Lipinski definition) is 6. The Morgan fingerprint density at radius 1 is 1.28 bits per heavy atom. The molecule has 0 unspecified atom stereocenters. The zero-order chi connectivity index (χ0) is 25.3. The molecule has 0 radical (unpaired) electrons. The van der Waals surface area contributed by atoms with Crippen LogP contribution in [0.2, 0.25) is 0 Å². The van der Waals surface area contributed by atoms with Crippen molar-refractivity contribution in [3.05, 3.63) is 40.5 Å². The summed E-state index contributed by atoms with van der Waals surface area (Å²) in [5.74, 6) is -2.22. The highest BCUT2D eigenvalue weighted by atomic mass is 32.1. The van der Waals surface area contributed by atoms with Gasteiger partial charge in [0.05, 0.1) is 11.2 Å². The van der Waals surface area contributed by atoms with Gasteiger partial charge >= 0.3 is 0 Å². The first-order chi connectivity index (χ1) is 17.2. The topological polar surface area (TPSA) is 72.3 Å². The van der Waals surface area contributed by atoms with Crippen LogP contribution in [-0.4, -0.2) is 57.2 Å². The average Bonchev–Trinajstić information content (AvgIpc) is 3.42. The van der Waals surface area contributed by atoms with Gasteiger partial charge in [-0.2, -0.15) is 5.10 Å². The fourth-order valence-electron chi connectivity index (χ4n) is 5.18. The molecule has 5 rings (SSSR count). The highest BCUT2D eigenvalue weighted by Gasteiger charge is 2.27. The third-order valence-electron chi connectivity index (χ3n) is 7.16. The van der Waals surface area contributed by atoms with Crippen molar-refractivity contribution in [2.24, 2.45) is 13.0 Å². The Labute approximate surface area is 213 Å². The van der Waals surface area contributed by atoms with Gasteiger partial charge in [0.2, 0.25) is 0 Å². The number of alkyl halides is 2. The maximum absolute atomic E-state index is 13.1. The molecule has 36 heavy (non-hydrogen) atoms. The number of carbonyl (C=O) groups is 1. The normalized spacial score (nSPS) is 20.9. The van der Waals surface area contributed by atoms with E-state index < -0.39 is 12.5 Å². The van der Waals surface area contributed by atoms with E-state index in [-0.39, 0.29) is 11.9 Å². The molecule has 1 aliphatic carbocycles. The predicted octanol–water partition coefficient (Wildman–Crippen LogP) is 4.80. The molecule has 1 aromatic carbocycles. The monoisotopic (exact) mass is 517 g/mol. The maximum Gasteiger partial charge on any atom is 0.278 e. The van der Waals surface area contributed by atoms with Crippen molar-refractivity contribution in [1.29, 1.82) is 0 Å². The van der Waals surface area contributed by atoms with Gasteiger partial charge in [0.25, 0.3) is 17.0 Å². The van der Waals surface area contributed by atoms with Crippen molar-refractivity contribution in [3.8, 4) is 5.19 Å². The van der Waals surface area contributed by atoms with E-state index in [9.17, 15) is 13.6 Å². The Balaban J connectivity index is 1.04. The van der Waals surface area contributed by atoms with E-state index >= 15 is 0 Å². The number of ether oxygens (including phenoxy) is 1. The van der Waals surface area contributed by atoms with Crippen LogP contribution in [0.4, 0.5) is 8.78 Å². The van der Waals surface area contributed by atoms with E-state index in [4.69, 9.17) is 4.74 Å². The number of fused-ring (bicyclic) bond motifs is 2. The molecular formula is C26H33F2N5O2S. The summed E-state index contributed by atoms with van der Waals surface area (Å²) >= 11 is 1.40. The minimum absolute atomic E-state index is 0.0237. The van der Waals surface area contributed by atoms with Crippen LogP contribution < -0.4 is 10.1 Å². The Morgan fingerprint density at radius 3 is 2.86 bits per heavy atom. The summed E-state index contributed by atoms with van der Waals surface area (Å²) in [5.41, 5.74) is 2.46. The Kier molecular flexibility index (Phi) is 7.25. The van der Waals surface area contributed by atoms with Crippen molar-refractivity contribution >= 4 is 28.1 Å². The number of thiazole rings is 1. The summed E-state index contributed by atoms with van der Waals surface area (Å²) in [5, 5.41) is 9.00. The molecule has 1 amide bonds. The average molecular weight is 518 g/mol. The second kappa shape index (κ2) is 10.4. The van der Waals surface area contributed by atoms with Crippen LogP contribution in [0, 0.1) is 5.92 Å². The Morgan fingerprint density at radius 2 is 2.08 bits per heavy atom. The molecule has 0 atom stereocenters. The molecule has 1 N–H and O–H groups in total. The SMILES string of the molecule is Cn1cc2ccc(C(=O)N[C@H]3CC[C@H](CCN4CCc5sc(OCC(C)(F)F)nc5C4)CC3)cc2n1. The van der Waals surface area contributed by atoms with E-state index in [1.54, 1.807) is 4.68 Å². The van der Waals surface area contributed by atoms with Crippen molar-refractivity contribution in [3.63, 3.8) is 0 Å². The van der Waals surface area contributed by atoms with Crippen LogP contribution in [0.25, 0.3) is 10.9 Å². The number of rotatable bonds is 8. The lowest BCUT2D eigenvalue weighted by molar-refractivity contribution is -0.0230. The molecule has 194 valence electrons. The summed E-state index contributed by atoms with van der Waals surface area (Å²) in [4.78, 5) is 20.8. The van der Waals surface area contributed by atoms with Crippen LogP contribution in [0.15, 0.2) is 24.4 Å². The number of benzene rings is 1. The van der Waals surface area contributed by atoms with Gasteiger partial charge in [0.15, 0.2) is 6.61 Å². The highest BCUT2D eigenvalue weighted by molar-refractivity contribution is 7.13. The van der Waals surface area contributed by atoms with Gasteiger partial charge in [0, 0.05) is 55.1 Å². The van der Waals surface area contributed by atoms with Gasteiger partial charge < -0.3 is 10.1 Å². The second-order valence-corrected chi connectivity index (χ2v) is 11.3. The van der Waals surface area contributed by atoms with Crippen molar-refractivity contribution in [2.45, 2.75) is 64.0 Å². The number of nitrogens with zero attached hydrogens (tertiary/aromatic N) is 4. The van der Waals surface area contributed by atoms with Gasteiger partial charge in [-0.05, 0) is 63.1 Å². The first-order valence-electron chi connectivity index (χ1n) is 12.7. The molecule has 3 aromatic rings. The van der Waals surface area contributed by atoms with Crippen molar-refractivity contribution in [1.82, 2.24) is 25.0 Å². The van der Waals surface area contributed by atoms with Crippen LogP contribution in [0.1, 0.15) is 60.0 Å². The number of nitrogens with one attached hydrogen (secondary N) is 1. The maximum atomic E-state index is 13.1. The number of amides is 1. The molecule has 10 heteroatoms. The number of halogens is 2. The first kappa shape index (κ1) is 25.1. The van der Waals surface area contributed by atoms with Gasteiger partial charge in [-0.25, -0.2) is 13.8 Å². The molecule has 3 heterocycles. The molecule has 2 aliphatic rings. The van der Waals surface area contributed by atoms with E-state index in [0.717, 1.165) is 86.6 Å². The molecule has 2 aromatic heterocycles. The first-order valence-corrected chi connectivity index (χ1v) is 13.5. The van der Waals surface area contributed by atoms with Gasteiger partial charge in [-0.15, -0.1) is 0 Å². The van der Waals surface area contributed by atoms with Crippen LogP contribution in [-0.2, 0) is 20.0 Å². The van der Waals surface area contributed by atoms with E-state index in [1.807, 2.05) is 31.4 Å². The smallest absolute Gasteiger partial charge is 0.278 e. The summed E-state index contributed by atoms with van der Waals surface area (Å²) < 4.78 is 33.1. The summed E-state index contributed by atoms with van der Waals surface area (Å²) in [7, 11) is 1.88. The lowest BCUT2D eigenvalue weighted by Crippen LogP contribution is -2.38. The van der Waals surface area contributed by atoms with Crippen molar-refractivity contribution in [2.75, 3.05) is 19.7 Å². The van der Waals surface area contributed by atoms with Crippen LogP contribution >= 0.6 is 11.3 Å². The van der Waals surface area contributed by atoms with Gasteiger partial charge in [0.1, 0.15) is 0 Å². The van der Waals surface area contributed by atoms with Gasteiger partial charge in [-0.3, -0.25) is 14.4 Å². The zero-order valence-corrected chi connectivity index (χ0v) is 21.6. The lowest BCUT2D eigenvalue weighted by Gasteiger charge is -2.32. The fourth-order valence-corrected chi connectivity index (χ4v) is 6.09. The molecule has 0 spiro atoms. The van der Waals surface area contributed by atoms with E-state index in [1.165, 1.54) is 11.3 Å². The minimum Gasteiger partial charge on any atom is -0.464 e. The minimum atomic E-state index is -2.85. The van der Waals surface area contributed by atoms with Crippen LogP contribution in [0.3, 0.4) is 0 Å². The Hall–Kier alpha value is -2.59. The molecule has 0 bridgehead atoms. The highest BCUT2D eigenvalue weighted by Crippen LogP contribution is 2.32. The quantitative estimate of drug-likeness (QED) is 0.465. The fraction of sp³-hybridized carbons (Fsp3) is 0.577. The standard InChI is InChI=1S/C26H33F2N5O2S/c1-26(27,28)16-35-25-30-22-15-33(12-10-23(22)36-25)11-9-17-3-7-20(8-4-17)29-24(34)18-5-6-19-14-32(2)31-21(19)13-18/h5-6,13-14,17,20H,3-4,7-12,15-16H2,1-2H3,(H,29,34)/t17-,20-. The molecular weight excluding hydrogens is 484 g/mol. The Bertz CT molecular complexity index is 1210. The second-order valence-electron chi connectivity index (χ2n) is 10.3. The van der Waals surface area contributed by atoms with Gasteiger partial charge in [-0.1, -0.05) is 17.4 Å². The molecule has 1 saturated carbocycles. The molecule has 1 fully saturated rings. The third kappa shape index (κ3) is 6.21. The lowest BCUT2D eigenvalue weighted by atomic mass is 9.84. The largest absolute Gasteiger partial charge is 0.464 e. The van der Waals surface area contributed by atoms with Crippen molar-refractivity contribution < 1.29 is 18.3 Å². The molecule has 1 aliphatic heterocycles. The number of aryl methyl sites for hydroxylation is 1. The summed E-state index contributed by atoms with van der Waals surface area (Å²) in [6.45, 7) is 2.94. The number of carbonyl (C=O) groups excluding carboxylic acids is 1. The van der Waals surface area contributed by atoms with E-state index in [2.05, 4.69) is 20.3 Å². The number of aromatic nitrogens is 3. The predicted molar refractivity (Wildman–Crippen MR) is 136 cm³/mol. The van der Waals surface area contributed by atoms with E-state index in [0.29, 0.717) is 16.7 Å². The number of hydrogen-bond donors (Lipinski definition) is 1. The summed E-state index contributed by atoms with van der Waals surface area (Å²) in [6, 6.07) is 5.89. The zero-order valence-electron chi connectivity index (χ0n) is 20.8. The third-order valence-corrected chi connectivity index (χ3v) is 8.23. The molecule has 0 saturated heterocycles. The summed E-state index contributed by atoms with van der Waals surface area (Å²) in [6.07, 6.45) is 8.19.